The number of benzene rings is 1. The molecule has 2 amide bonds. The molecule has 6 rings (SSSR count). The van der Waals surface area contributed by atoms with Crippen LogP contribution >= 0.6 is 22.9 Å². The molecule has 1 fully saturated rings. The van der Waals surface area contributed by atoms with E-state index >= 15 is 0 Å². The Morgan fingerprint density at radius 1 is 1.10 bits per heavy atom. The minimum absolute atomic E-state index is 0.0342. The Bertz CT molecular complexity index is 1560. The standard InChI is InChI=1S/C26H27ClN8O3S/c1-13-28-25(38-34-13)15-4-6-17(29-23(36)21-9-14-3-5-16(27)11-19(14)32-33-21)20(10-15)30-24(37)26-31-18-7-8-35(2)12-22(18)39-26/h3,5,9,11,15,17,20H,4,6-8,10,12H2,1-2H3,(H,29,36)(H,30,37). The number of amides is 2. The Hall–Kier alpha value is -3.48. The monoisotopic (exact) mass is 566 g/mol. The van der Waals surface area contributed by atoms with E-state index < -0.39 is 0 Å². The van der Waals surface area contributed by atoms with E-state index in [-0.39, 0.29) is 35.5 Å². The van der Waals surface area contributed by atoms with Gasteiger partial charge in [0.2, 0.25) is 5.89 Å². The molecule has 1 aromatic carbocycles. The van der Waals surface area contributed by atoms with E-state index in [0.29, 0.717) is 40.1 Å². The van der Waals surface area contributed by atoms with Crippen molar-refractivity contribution in [3.63, 3.8) is 0 Å². The van der Waals surface area contributed by atoms with Crippen LogP contribution < -0.4 is 10.6 Å². The van der Waals surface area contributed by atoms with Crippen LogP contribution in [0.3, 0.4) is 0 Å². The smallest absolute Gasteiger partial charge is 0.280 e. The zero-order valence-electron chi connectivity index (χ0n) is 21.5. The highest BCUT2D eigenvalue weighted by Crippen LogP contribution is 2.33. The van der Waals surface area contributed by atoms with Crippen molar-refractivity contribution in [2.45, 2.75) is 57.2 Å². The van der Waals surface area contributed by atoms with E-state index in [4.69, 9.17) is 16.1 Å². The van der Waals surface area contributed by atoms with Gasteiger partial charge in [-0.05, 0) is 51.4 Å². The third kappa shape index (κ3) is 5.49. The third-order valence-corrected chi connectivity index (χ3v) is 8.59. The molecule has 3 aromatic heterocycles. The summed E-state index contributed by atoms with van der Waals surface area (Å²) < 4.78 is 5.44. The molecule has 2 aliphatic rings. The van der Waals surface area contributed by atoms with Crippen molar-refractivity contribution in [3.8, 4) is 0 Å². The summed E-state index contributed by atoms with van der Waals surface area (Å²) in [5, 5.41) is 20.2. The second-order valence-corrected chi connectivity index (χ2v) is 11.7. The molecule has 0 radical (unpaired) electrons. The van der Waals surface area contributed by atoms with Gasteiger partial charge in [-0.25, -0.2) is 4.98 Å². The number of rotatable bonds is 5. The summed E-state index contributed by atoms with van der Waals surface area (Å²) in [7, 11) is 2.06. The minimum Gasteiger partial charge on any atom is -0.346 e. The third-order valence-electron chi connectivity index (χ3n) is 7.27. The van der Waals surface area contributed by atoms with Crippen molar-refractivity contribution < 1.29 is 14.1 Å². The Kier molecular flexibility index (Phi) is 7.00. The molecule has 11 nitrogen and oxygen atoms in total. The molecule has 3 atom stereocenters. The van der Waals surface area contributed by atoms with Gasteiger partial charge in [0.15, 0.2) is 16.5 Å². The Balaban J connectivity index is 1.21. The maximum Gasteiger partial charge on any atom is 0.280 e. The number of hydrogen-bond acceptors (Lipinski definition) is 10. The molecule has 1 aliphatic heterocycles. The van der Waals surface area contributed by atoms with Crippen LogP contribution in [-0.2, 0) is 13.0 Å². The van der Waals surface area contributed by atoms with Crippen molar-refractivity contribution in [2.24, 2.45) is 0 Å². The highest BCUT2D eigenvalue weighted by Gasteiger charge is 2.36. The Morgan fingerprint density at radius 2 is 1.95 bits per heavy atom. The van der Waals surface area contributed by atoms with Gasteiger partial charge in [0.1, 0.15) is 0 Å². The van der Waals surface area contributed by atoms with Crippen LogP contribution in [0.25, 0.3) is 10.9 Å². The predicted octanol–water partition coefficient (Wildman–Crippen LogP) is 3.28. The first-order valence-electron chi connectivity index (χ1n) is 12.8. The molecule has 39 heavy (non-hydrogen) atoms. The normalized spacial score (nSPS) is 21.5. The average molecular weight is 567 g/mol. The first-order chi connectivity index (χ1) is 18.8. The lowest BCUT2D eigenvalue weighted by Crippen LogP contribution is -2.54. The molecular formula is C26H27ClN8O3S. The summed E-state index contributed by atoms with van der Waals surface area (Å²) in [4.78, 5) is 39.0. The summed E-state index contributed by atoms with van der Waals surface area (Å²) in [6.07, 6.45) is 2.70. The molecular weight excluding hydrogens is 540 g/mol. The van der Waals surface area contributed by atoms with Gasteiger partial charge in [-0.1, -0.05) is 22.8 Å². The highest BCUT2D eigenvalue weighted by molar-refractivity contribution is 7.13. The van der Waals surface area contributed by atoms with Gasteiger partial charge in [-0.2, -0.15) is 4.98 Å². The van der Waals surface area contributed by atoms with Gasteiger partial charge in [-0.15, -0.1) is 21.5 Å². The van der Waals surface area contributed by atoms with E-state index in [2.05, 4.69) is 47.9 Å². The van der Waals surface area contributed by atoms with Gasteiger partial charge < -0.3 is 20.1 Å². The fourth-order valence-corrected chi connectivity index (χ4v) is 6.48. The number of fused-ring (bicyclic) bond motifs is 2. The summed E-state index contributed by atoms with van der Waals surface area (Å²) >= 11 is 7.47. The molecule has 3 unspecified atom stereocenters. The number of halogens is 1. The van der Waals surface area contributed by atoms with Gasteiger partial charge in [0, 0.05) is 46.8 Å². The SMILES string of the molecule is Cc1noc(C2CCC(NC(=O)c3cc4ccc(Cl)cc4nn3)C(NC(=O)c3nc4c(s3)CN(C)CC4)C2)n1. The molecule has 1 saturated carbocycles. The van der Waals surface area contributed by atoms with Gasteiger partial charge in [0.25, 0.3) is 11.8 Å². The molecule has 0 saturated heterocycles. The Labute approximate surface area is 233 Å². The molecule has 0 spiro atoms. The van der Waals surface area contributed by atoms with E-state index in [9.17, 15) is 9.59 Å². The summed E-state index contributed by atoms with van der Waals surface area (Å²) in [6.45, 7) is 3.49. The first kappa shape index (κ1) is 25.8. The lowest BCUT2D eigenvalue weighted by molar-refractivity contribution is 0.0849. The van der Waals surface area contributed by atoms with Crippen molar-refractivity contribution in [2.75, 3.05) is 13.6 Å². The fraction of sp³-hybridized carbons (Fsp3) is 0.423. The molecule has 1 aliphatic carbocycles. The van der Waals surface area contributed by atoms with Gasteiger partial charge in [-0.3, -0.25) is 9.59 Å². The van der Waals surface area contributed by atoms with E-state index in [1.807, 2.05) is 0 Å². The van der Waals surface area contributed by atoms with Crippen LogP contribution in [0.5, 0.6) is 0 Å². The van der Waals surface area contributed by atoms with Crippen molar-refractivity contribution in [1.29, 1.82) is 0 Å². The second kappa shape index (κ2) is 10.6. The van der Waals surface area contributed by atoms with E-state index in [1.54, 1.807) is 31.2 Å². The van der Waals surface area contributed by atoms with Crippen LogP contribution in [0.1, 0.15) is 67.8 Å². The maximum atomic E-state index is 13.4. The maximum absolute atomic E-state index is 13.4. The largest absolute Gasteiger partial charge is 0.346 e. The number of hydrogen-bond donors (Lipinski definition) is 2. The average Bonchev–Trinajstić information content (AvgIpc) is 3.55. The predicted molar refractivity (Wildman–Crippen MR) is 145 cm³/mol. The van der Waals surface area contributed by atoms with Crippen LogP contribution in [0.4, 0.5) is 0 Å². The fourth-order valence-electron chi connectivity index (χ4n) is 5.22. The van der Waals surface area contributed by atoms with Crippen LogP contribution in [0.2, 0.25) is 5.02 Å². The van der Waals surface area contributed by atoms with E-state index in [1.165, 1.54) is 11.3 Å². The van der Waals surface area contributed by atoms with Crippen molar-refractivity contribution >= 4 is 45.7 Å². The number of likely N-dealkylation sites (N-methyl/N-ethyl adjacent to an activating group) is 1. The summed E-state index contributed by atoms with van der Waals surface area (Å²) in [5.74, 6) is 0.473. The zero-order valence-corrected chi connectivity index (χ0v) is 23.1. The van der Waals surface area contributed by atoms with Gasteiger partial charge >= 0.3 is 0 Å². The lowest BCUT2D eigenvalue weighted by atomic mass is 9.82. The minimum atomic E-state index is -0.372. The van der Waals surface area contributed by atoms with Gasteiger partial charge in [0.05, 0.1) is 17.3 Å². The number of thiazole rings is 1. The summed E-state index contributed by atoms with van der Waals surface area (Å²) in [5.41, 5.74) is 1.80. The zero-order chi connectivity index (χ0) is 27.1. The Morgan fingerprint density at radius 3 is 2.77 bits per heavy atom. The molecule has 4 heterocycles. The number of carbonyl (C=O) groups is 2. The molecule has 13 heteroatoms. The quantitative estimate of drug-likeness (QED) is 0.372. The van der Waals surface area contributed by atoms with Crippen molar-refractivity contribution in [3.05, 3.63) is 62.3 Å². The molecule has 202 valence electrons. The van der Waals surface area contributed by atoms with Crippen LogP contribution in [0.15, 0.2) is 28.8 Å². The second-order valence-electron chi connectivity index (χ2n) is 10.2. The summed E-state index contributed by atoms with van der Waals surface area (Å²) in [6, 6.07) is 6.23. The number of aryl methyl sites for hydroxylation is 1. The van der Waals surface area contributed by atoms with Crippen LogP contribution in [-0.4, -0.2) is 67.7 Å². The highest BCUT2D eigenvalue weighted by atomic mass is 35.5. The van der Waals surface area contributed by atoms with E-state index in [0.717, 1.165) is 41.9 Å². The first-order valence-corrected chi connectivity index (χ1v) is 14.0. The van der Waals surface area contributed by atoms with Crippen molar-refractivity contribution in [1.82, 2.24) is 40.9 Å². The number of nitrogens with one attached hydrogen (secondary N) is 2. The lowest BCUT2D eigenvalue weighted by Gasteiger charge is -2.35. The number of nitrogens with zero attached hydrogens (tertiary/aromatic N) is 6. The topological polar surface area (TPSA) is 139 Å². The van der Waals surface area contributed by atoms with Crippen LogP contribution in [0, 0.1) is 6.92 Å². The molecule has 0 bridgehead atoms. The molecule has 4 aromatic rings. The number of carbonyl (C=O) groups excluding carboxylic acids is 2. The molecule has 2 N–H and O–H groups in total. The number of aromatic nitrogens is 5.